The fourth-order valence-electron chi connectivity index (χ4n) is 3.53. The molecule has 3 aromatic heterocycles. The number of aromatic nitrogens is 3. The Hall–Kier alpha value is -3.89. The molecule has 0 saturated heterocycles. The second kappa shape index (κ2) is 8.47. The van der Waals surface area contributed by atoms with Crippen LogP contribution >= 0.6 is 22.9 Å². The molecule has 0 aliphatic rings. The van der Waals surface area contributed by atoms with Gasteiger partial charge in [0.25, 0.3) is 12.1 Å². The zero-order valence-electron chi connectivity index (χ0n) is 17.5. The standard InChI is InChI=1S/C23H14ClF2N5O2S/c1-31-10-18(33-30-31)29-22(32)21-20(27)19-15(14-7-6-13(25)8-16(14)26)9-17(28-23(19)34-21)11-2-4-12(24)5-3-11/h2-10H,1H3,(H2-,27,29,30,32)/p+1. The number of aryl methyl sites for hydroxylation is 1. The number of carbonyl (C=O) groups excluding carboxylic acids is 1. The number of nitrogen functional groups attached to an aromatic ring is 1. The van der Waals surface area contributed by atoms with Gasteiger partial charge in [0, 0.05) is 27.6 Å². The Morgan fingerprint density at radius 3 is 2.59 bits per heavy atom. The highest BCUT2D eigenvalue weighted by Crippen LogP contribution is 2.42. The maximum absolute atomic E-state index is 14.8. The Bertz CT molecular complexity index is 1570. The van der Waals surface area contributed by atoms with Gasteiger partial charge in [0.1, 0.15) is 21.3 Å². The fraction of sp³-hybridized carbons (Fsp3) is 0.0435. The number of anilines is 2. The minimum Gasteiger partial charge on any atom is -0.397 e. The van der Waals surface area contributed by atoms with Crippen LogP contribution in [0.5, 0.6) is 0 Å². The van der Waals surface area contributed by atoms with Crippen molar-refractivity contribution in [2.75, 3.05) is 11.1 Å². The summed E-state index contributed by atoms with van der Waals surface area (Å²) in [6, 6.07) is 11.9. The van der Waals surface area contributed by atoms with E-state index < -0.39 is 17.5 Å². The molecule has 0 radical (unpaired) electrons. The molecule has 1 amide bonds. The maximum atomic E-state index is 14.8. The van der Waals surface area contributed by atoms with E-state index in [0.29, 0.717) is 26.5 Å². The Morgan fingerprint density at radius 1 is 1.15 bits per heavy atom. The van der Waals surface area contributed by atoms with Crippen LogP contribution in [-0.4, -0.2) is 16.2 Å². The van der Waals surface area contributed by atoms with Crippen molar-refractivity contribution in [1.82, 2.24) is 10.3 Å². The van der Waals surface area contributed by atoms with E-state index in [1.165, 1.54) is 16.9 Å². The number of pyridine rings is 1. The Balaban J connectivity index is 1.71. The summed E-state index contributed by atoms with van der Waals surface area (Å²) in [5.41, 5.74) is 8.24. The van der Waals surface area contributed by atoms with Crippen LogP contribution in [0.4, 0.5) is 20.4 Å². The van der Waals surface area contributed by atoms with Gasteiger partial charge >= 0.3 is 5.88 Å². The lowest BCUT2D eigenvalue weighted by molar-refractivity contribution is -0.739. The van der Waals surface area contributed by atoms with E-state index in [1.807, 2.05) is 0 Å². The Kier molecular flexibility index (Phi) is 5.46. The highest BCUT2D eigenvalue weighted by atomic mass is 35.5. The number of carbonyl (C=O) groups is 1. The van der Waals surface area contributed by atoms with E-state index in [-0.39, 0.29) is 22.0 Å². The van der Waals surface area contributed by atoms with E-state index in [9.17, 15) is 13.6 Å². The number of amides is 1. The van der Waals surface area contributed by atoms with Crippen molar-refractivity contribution in [3.05, 3.63) is 76.3 Å². The van der Waals surface area contributed by atoms with Gasteiger partial charge in [0.05, 0.1) is 11.4 Å². The first-order valence-corrected chi connectivity index (χ1v) is 11.1. The number of nitrogens with two attached hydrogens (primary N) is 1. The minimum absolute atomic E-state index is 0.121. The van der Waals surface area contributed by atoms with Crippen molar-refractivity contribution in [3.63, 3.8) is 0 Å². The number of benzene rings is 2. The summed E-state index contributed by atoms with van der Waals surface area (Å²) in [5, 5.41) is 7.18. The first-order valence-electron chi connectivity index (χ1n) is 9.88. The van der Waals surface area contributed by atoms with Crippen LogP contribution in [0, 0.1) is 11.6 Å². The first-order chi connectivity index (χ1) is 16.3. The van der Waals surface area contributed by atoms with Gasteiger partial charge in [-0.05, 0) is 35.9 Å². The van der Waals surface area contributed by atoms with Crippen LogP contribution in [0.15, 0.2) is 59.3 Å². The van der Waals surface area contributed by atoms with E-state index >= 15 is 0 Å². The predicted molar refractivity (Wildman–Crippen MR) is 125 cm³/mol. The van der Waals surface area contributed by atoms with E-state index in [0.717, 1.165) is 29.0 Å². The zero-order chi connectivity index (χ0) is 24.0. The van der Waals surface area contributed by atoms with E-state index in [4.69, 9.17) is 21.9 Å². The van der Waals surface area contributed by atoms with Gasteiger partial charge in [0.2, 0.25) is 0 Å². The maximum Gasteiger partial charge on any atom is 0.302 e. The molecule has 0 unspecified atom stereocenters. The van der Waals surface area contributed by atoms with E-state index in [2.05, 4.69) is 15.6 Å². The van der Waals surface area contributed by atoms with Crippen LogP contribution in [0.25, 0.3) is 32.6 Å². The monoisotopic (exact) mass is 498 g/mol. The summed E-state index contributed by atoms with van der Waals surface area (Å²) in [5.74, 6) is -1.87. The van der Waals surface area contributed by atoms with Crippen molar-refractivity contribution in [1.29, 1.82) is 0 Å². The number of nitrogens with zero attached hydrogens (tertiary/aromatic N) is 3. The smallest absolute Gasteiger partial charge is 0.302 e. The molecule has 0 aliphatic carbocycles. The normalized spacial score (nSPS) is 11.2. The summed E-state index contributed by atoms with van der Waals surface area (Å²) in [6.45, 7) is 0. The van der Waals surface area contributed by atoms with Gasteiger partial charge in [-0.3, -0.25) is 14.6 Å². The zero-order valence-corrected chi connectivity index (χ0v) is 19.0. The molecule has 0 fully saturated rings. The van der Waals surface area contributed by atoms with Crippen molar-refractivity contribution >= 4 is 50.6 Å². The average molecular weight is 499 g/mol. The molecule has 0 spiro atoms. The second-order valence-electron chi connectivity index (χ2n) is 7.41. The highest BCUT2D eigenvalue weighted by Gasteiger charge is 2.24. The lowest BCUT2D eigenvalue weighted by Gasteiger charge is -2.10. The molecular weight excluding hydrogens is 484 g/mol. The van der Waals surface area contributed by atoms with Crippen LogP contribution in [0.3, 0.4) is 0 Å². The highest BCUT2D eigenvalue weighted by molar-refractivity contribution is 7.21. The van der Waals surface area contributed by atoms with Crippen LogP contribution in [-0.2, 0) is 7.05 Å². The molecule has 5 aromatic rings. The number of nitrogens with one attached hydrogen (secondary N) is 1. The number of halogens is 3. The molecule has 170 valence electrons. The average Bonchev–Trinajstić information content (AvgIpc) is 3.36. The van der Waals surface area contributed by atoms with Crippen molar-refractivity contribution in [2.24, 2.45) is 7.05 Å². The van der Waals surface area contributed by atoms with Crippen molar-refractivity contribution < 1.29 is 22.8 Å². The van der Waals surface area contributed by atoms with Gasteiger partial charge in [0.15, 0.2) is 12.3 Å². The van der Waals surface area contributed by atoms with E-state index in [1.54, 1.807) is 37.4 Å². The molecule has 0 aliphatic heterocycles. The number of rotatable bonds is 4. The lowest BCUT2D eigenvalue weighted by atomic mass is 9.99. The molecule has 2 aromatic carbocycles. The van der Waals surface area contributed by atoms with Gasteiger partial charge in [-0.1, -0.05) is 28.4 Å². The molecule has 34 heavy (non-hydrogen) atoms. The van der Waals surface area contributed by atoms with Gasteiger partial charge in [-0.15, -0.1) is 11.3 Å². The SMILES string of the molecule is C[n+]1cc(NC(=O)c2sc3nc(-c4ccc(Cl)cc4)cc(-c4ccc(F)cc4F)c3c2N)on1. The molecular formula is C23H15ClF2N5O2S+. The van der Waals surface area contributed by atoms with Crippen molar-refractivity contribution in [2.45, 2.75) is 0 Å². The molecule has 0 saturated carbocycles. The number of hydrogen-bond donors (Lipinski definition) is 2. The van der Waals surface area contributed by atoms with Gasteiger partial charge < -0.3 is 5.73 Å². The molecule has 3 heterocycles. The molecule has 7 nitrogen and oxygen atoms in total. The van der Waals surface area contributed by atoms with Crippen molar-refractivity contribution in [3.8, 4) is 22.4 Å². The van der Waals surface area contributed by atoms with Crippen LogP contribution in [0.2, 0.25) is 5.02 Å². The third-order valence-corrected chi connectivity index (χ3v) is 6.43. The minimum atomic E-state index is -0.764. The molecule has 11 heteroatoms. The number of thiophene rings is 1. The molecule has 0 bridgehead atoms. The van der Waals surface area contributed by atoms with Crippen LogP contribution in [0.1, 0.15) is 9.67 Å². The fourth-order valence-corrected chi connectivity index (χ4v) is 4.67. The molecule has 3 N–H and O–H groups in total. The number of hydrogen-bond acceptors (Lipinski definition) is 6. The summed E-state index contributed by atoms with van der Waals surface area (Å²) in [4.78, 5) is 18.2. The predicted octanol–water partition coefficient (Wildman–Crippen LogP) is 5.21. The molecule has 5 rings (SSSR count). The quantitative estimate of drug-likeness (QED) is 0.331. The summed E-state index contributed by atoms with van der Waals surface area (Å²) < 4.78 is 34.8. The Labute approximate surface area is 200 Å². The third-order valence-electron chi connectivity index (χ3n) is 5.08. The van der Waals surface area contributed by atoms with Crippen LogP contribution < -0.4 is 15.7 Å². The number of fused-ring (bicyclic) bond motifs is 1. The first kappa shape index (κ1) is 21.9. The summed E-state index contributed by atoms with van der Waals surface area (Å²) in [6.07, 6.45) is 1.48. The summed E-state index contributed by atoms with van der Waals surface area (Å²) in [7, 11) is 1.64. The van der Waals surface area contributed by atoms with Gasteiger partial charge in [-0.2, -0.15) is 0 Å². The topological polar surface area (TPSA) is 97.9 Å². The lowest BCUT2D eigenvalue weighted by Crippen LogP contribution is -2.28. The second-order valence-corrected chi connectivity index (χ2v) is 8.84. The molecule has 0 atom stereocenters. The van der Waals surface area contributed by atoms with Gasteiger partial charge in [-0.25, -0.2) is 13.8 Å². The summed E-state index contributed by atoms with van der Waals surface area (Å²) >= 11 is 7.05. The third kappa shape index (κ3) is 3.97. The largest absolute Gasteiger partial charge is 0.397 e. The Morgan fingerprint density at radius 2 is 1.91 bits per heavy atom.